The van der Waals surface area contributed by atoms with E-state index in [4.69, 9.17) is 4.74 Å². The van der Waals surface area contributed by atoms with Gasteiger partial charge in [0.1, 0.15) is 18.2 Å². The van der Waals surface area contributed by atoms with Crippen LogP contribution in [0.3, 0.4) is 0 Å². The van der Waals surface area contributed by atoms with Crippen molar-refractivity contribution in [1.29, 1.82) is 0 Å². The van der Waals surface area contributed by atoms with Gasteiger partial charge in [0, 0.05) is 11.9 Å². The number of rotatable bonds is 6. The highest BCUT2D eigenvalue weighted by molar-refractivity contribution is 7.13. The van der Waals surface area contributed by atoms with Crippen LogP contribution >= 0.6 is 11.5 Å². The highest BCUT2D eigenvalue weighted by atomic mass is 32.1. The zero-order valence-electron chi connectivity index (χ0n) is 13.7. The Hall–Kier alpha value is -2.85. The molecule has 4 rings (SSSR count). The summed E-state index contributed by atoms with van der Waals surface area (Å²) in [6.45, 7) is 1.33. The normalized spacial score (nSPS) is 10.7. The topological polar surface area (TPSA) is 34.1 Å². The lowest BCUT2D eigenvalue weighted by atomic mass is 10.2. The highest BCUT2D eigenvalue weighted by Crippen LogP contribution is 2.26. The van der Waals surface area contributed by atoms with Crippen LogP contribution in [-0.4, -0.2) is 4.37 Å². The first kappa shape index (κ1) is 15.7. The van der Waals surface area contributed by atoms with Crippen LogP contribution in [0.25, 0.3) is 10.1 Å². The molecule has 0 aliphatic heterocycles. The lowest BCUT2D eigenvalue weighted by Gasteiger charge is -2.08. The van der Waals surface area contributed by atoms with E-state index in [2.05, 4.69) is 46.1 Å². The number of benzene rings is 3. The van der Waals surface area contributed by atoms with Gasteiger partial charge in [0.05, 0.1) is 4.70 Å². The Balaban J connectivity index is 1.36. The van der Waals surface area contributed by atoms with Gasteiger partial charge in [0.15, 0.2) is 0 Å². The van der Waals surface area contributed by atoms with Gasteiger partial charge < -0.3 is 10.1 Å². The fraction of sp³-hybridized carbons (Fsp3) is 0.0952. The Morgan fingerprint density at radius 2 is 1.56 bits per heavy atom. The van der Waals surface area contributed by atoms with E-state index in [1.165, 1.54) is 32.7 Å². The molecule has 0 aliphatic carbocycles. The van der Waals surface area contributed by atoms with Crippen LogP contribution in [0.1, 0.15) is 11.1 Å². The van der Waals surface area contributed by atoms with Gasteiger partial charge in [-0.2, -0.15) is 4.37 Å². The summed E-state index contributed by atoms with van der Waals surface area (Å²) in [6.07, 6.45) is 0. The molecule has 0 saturated heterocycles. The van der Waals surface area contributed by atoms with Gasteiger partial charge in [-0.15, -0.1) is 0 Å². The molecule has 4 heteroatoms. The molecule has 0 amide bonds. The fourth-order valence-corrected chi connectivity index (χ4v) is 3.40. The van der Waals surface area contributed by atoms with Gasteiger partial charge in [0.25, 0.3) is 0 Å². The van der Waals surface area contributed by atoms with Crippen molar-refractivity contribution in [2.75, 3.05) is 5.32 Å². The minimum Gasteiger partial charge on any atom is -0.489 e. The molecule has 0 radical (unpaired) electrons. The van der Waals surface area contributed by atoms with Crippen LogP contribution in [0.4, 0.5) is 5.82 Å². The van der Waals surface area contributed by atoms with Crippen LogP contribution < -0.4 is 10.1 Å². The van der Waals surface area contributed by atoms with E-state index < -0.39 is 0 Å². The summed E-state index contributed by atoms with van der Waals surface area (Å²) in [6, 6.07) is 26.7. The van der Waals surface area contributed by atoms with Crippen molar-refractivity contribution in [2.45, 2.75) is 13.2 Å². The van der Waals surface area contributed by atoms with Crippen LogP contribution in [0.15, 0.2) is 78.9 Å². The average molecular weight is 346 g/mol. The van der Waals surface area contributed by atoms with Crippen molar-refractivity contribution < 1.29 is 4.74 Å². The van der Waals surface area contributed by atoms with Crippen molar-refractivity contribution >= 4 is 27.4 Å². The summed E-state index contributed by atoms with van der Waals surface area (Å²) in [5.74, 6) is 1.83. The second-order valence-corrected chi connectivity index (χ2v) is 6.60. The predicted molar refractivity (Wildman–Crippen MR) is 104 cm³/mol. The molecule has 0 spiro atoms. The third-order valence-electron chi connectivity index (χ3n) is 4.01. The zero-order chi connectivity index (χ0) is 16.9. The van der Waals surface area contributed by atoms with Crippen molar-refractivity contribution in [3.63, 3.8) is 0 Å². The van der Waals surface area contributed by atoms with Crippen LogP contribution in [-0.2, 0) is 13.2 Å². The minimum absolute atomic E-state index is 0.587. The summed E-state index contributed by atoms with van der Waals surface area (Å²) in [5.41, 5.74) is 2.37. The quantitative estimate of drug-likeness (QED) is 0.501. The van der Waals surface area contributed by atoms with E-state index in [0.717, 1.165) is 18.1 Å². The van der Waals surface area contributed by atoms with Crippen molar-refractivity contribution in [1.82, 2.24) is 4.37 Å². The zero-order valence-corrected chi connectivity index (χ0v) is 14.5. The van der Waals surface area contributed by atoms with Gasteiger partial charge in [-0.25, -0.2) is 0 Å². The van der Waals surface area contributed by atoms with Crippen LogP contribution in [0.5, 0.6) is 5.75 Å². The molecule has 0 atom stereocenters. The lowest BCUT2D eigenvalue weighted by molar-refractivity contribution is 0.306. The van der Waals surface area contributed by atoms with Crippen LogP contribution in [0, 0.1) is 0 Å². The Kier molecular flexibility index (Phi) is 4.61. The second kappa shape index (κ2) is 7.36. The fourth-order valence-electron chi connectivity index (χ4n) is 2.64. The van der Waals surface area contributed by atoms with E-state index in [0.29, 0.717) is 6.61 Å². The number of hydrogen-bond donors (Lipinski definition) is 1. The molecule has 0 unspecified atom stereocenters. The molecule has 124 valence electrons. The van der Waals surface area contributed by atoms with E-state index in [1.54, 1.807) is 0 Å². The Morgan fingerprint density at radius 1 is 0.800 bits per heavy atom. The van der Waals surface area contributed by atoms with Crippen molar-refractivity contribution in [2.24, 2.45) is 0 Å². The molecule has 3 aromatic carbocycles. The molecule has 1 N–H and O–H groups in total. The maximum atomic E-state index is 5.82. The number of fused-ring (bicyclic) bond motifs is 1. The molecule has 0 fully saturated rings. The first-order valence-corrected chi connectivity index (χ1v) is 9.00. The summed E-state index contributed by atoms with van der Waals surface area (Å²) in [4.78, 5) is 0. The Bertz CT molecular complexity index is 948. The van der Waals surface area contributed by atoms with E-state index in [1.807, 2.05) is 42.5 Å². The highest BCUT2D eigenvalue weighted by Gasteiger charge is 2.04. The smallest absolute Gasteiger partial charge is 0.147 e. The third kappa shape index (κ3) is 3.80. The molecule has 4 aromatic rings. The average Bonchev–Trinajstić information content (AvgIpc) is 3.10. The molecule has 0 bridgehead atoms. The molecule has 0 saturated carbocycles. The van der Waals surface area contributed by atoms with E-state index in [-0.39, 0.29) is 0 Å². The molecule has 1 heterocycles. The van der Waals surface area contributed by atoms with Crippen molar-refractivity contribution in [3.05, 3.63) is 90.0 Å². The first-order chi connectivity index (χ1) is 12.4. The molecular weight excluding hydrogens is 328 g/mol. The number of aromatic nitrogens is 1. The second-order valence-electron chi connectivity index (χ2n) is 5.80. The first-order valence-electron chi connectivity index (χ1n) is 8.22. The van der Waals surface area contributed by atoms with Gasteiger partial charge in [-0.05, 0) is 46.9 Å². The number of hydrogen-bond acceptors (Lipinski definition) is 4. The maximum absolute atomic E-state index is 5.82. The summed E-state index contributed by atoms with van der Waals surface area (Å²) < 4.78 is 11.5. The minimum atomic E-state index is 0.587. The van der Waals surface area contributed by atoms with Gasteiger partial charge in [-0.3, -0.25) is 0 Å². The molecule has 0 aliphatic rings. The molecule has 3 nitrogen and oxygen atoms in total. The Morgan fingerprint density at radius 3 is 2.40 bits per heavy atom. The Labute approximate surface area is 151 Å². The largest absolute Gasteiger partial charge is 0.489 e. The lowest BCUT2D eigenvalue weighted by Crippen LogP contribution is -2.00. The maximum Gasteiger partial charge on any atom is 0.147 e. The standard InChI is InChI=1S/C21H18N2OS/c1-2-6-17(7-3-1)15-24-18-12-10-16(11-13-18)14-22-21-19-8-4-5-9-20(19)25-23-21/h1-13H,14-15H2,(H,22,23). The van der Waals surface area contributed by atoms with Gasteiger partial charge in [0.2, 0.25) is 0 Å². The summed E-state index contributed by atoms with van der Waals surface area (Å²) in [5, 5.41) is 4.60. The third-order valence-corrected chi connectivity index (χ3v) is 4.84. The number of ether oxygens (including phenoxy) is 1. The summed E-state index contributed by atoms with van der Waals surface area (Å²) >= 11 is 1.52. The van der Waals surface area contributed by atoms with Gasteiger partial charge >= 0.3 is 0 Å². The monoisotopic (exact) mass is 346 g/mol. The predicted octanol–water partition coefficient (Wildman–Crippen LogP) is 5.49. The molecule has 25 heavy (non-hydrogen) atoms. The summed E-state index contributed by atoms with van der Waals surface area (Å²) in [7, 11) is 0. The van der Waals surface area contributed by atoms with E-state index >= 15 is 0 Å². The molecular formula is C21H18N2OS. The number of nitrogens with one attached hydrogen (secondary N) is 1. The molecule has 1 aromatic heterocycles. The van der Waals surface area contributed by atoms with E-state index in [9.17, 15) is 0 Å². The number of nitrogens with zero attached hydrogens (tertiary/aromatic N) is 1. The van der Waals surface area contributed by atoms with Gasteiger partial charge in [-0.1, -0.05) is 54.6 Å². The van der Waals surface area contributed by atoms with Crippen molar-refractivity contribution in [3.8, 4) is 5.75 Å². The SMILES string of the molecule is c1ccc(COc2ccc(CNc3nsc4ccccc34)cc2)cc1. The van der Waals surface area contributed by atoms with Crippen LogP contribution in [0.2, 0.25) is 0 Å². The number of anilines is 1.